The monoisotopic (exact) mass is 200 g/mol. The zero-order valence-corrected chi connectivity index (χ0v) is 9.74. The van der Waals surface area contributed by atoms with Gasteiger partial charge < -0.3 is 14.9 Å². The molecule has 3 heteroatoms. The van der Waals surface area contributed by atoms with Crippen LogP contribution in [-0.2, 0) is 0 Å². The lowest BCUT2D eigenvalue weighted by molar-refractivity contribution is 0.114. The van der Waals surface area contributed by atoms with Gasteiger partial charge in [-0.25, -0.2) is 0 Å². The molecule has 1 unspecified atom stereocenters. The first-order chi connectivity index (χ1) is 6.63. The lowest BCUT2D eigenvalue weighted by Gasteiger charge is -2.36. The van der Waals surface area contributed by atoms with Gasteiger partial charge in [0.05, 0.1) is 0 Å². The highest BCUT2D eigenvalue weighted by Gasteiger charge is 2.21. The maximum atomic E-state index is 8.99. The second kappa shape index (κ2) is 5.69. The molecule has 1 fully saturated rings. The van der Waals surface area contributed by atoms with E-state index in [0.717, 1.165) is 12.6 Å². The number of hydrogen-bond donors (Lipinski definition) is 1. The third-order valence-corrected chi connectivity index (χ3v) is 3.22. The van der Waals surface area contributed by atoms with Gasteiger partial charge in [0.25, 0.3) is 0 Å². The summed E-state index contributed by atoms with van der Waals surface area (Å²) >= 11 is 0. The molecule has 0 aromatic rings. The predicted molar refractivity (Wildman–Crippen MR) is 59.4 cm³/mol. The number of likely N-dealkylation sites (tertiary alicyclic amines) is 1. The Hall–Kier alpha value is -0.120. The van der Waals surface area contributed by atoms with Crippen molar-refractivity contribution in [1.29, 1.82) is 0 Å². The maximum Gasteiger partial charge on any atom is 0.0468 e. The summed E-state index contributed by atoms with van der Waals surface area (Å²) in [5, 5.41) is 8.99. The summed E-state index contributed by atoms with van der Waals surface area (Å²) in [6.45, 7) is 5.85. The summed E-state index contributed by atoms with van der Waals surface area (Å²) in [4.78, 5) is 4.80. The summed E-state index contributed by atoms with van der Waals surface area (Å²) in [6.07, 6.45) is 2.54. The van der Waals surface area contributed by atoms with Crippen LogP contribution in [0.4, 0.5) is 0 Å². The molecule has 1 heterocycles. The molecule has 84 valence electrons. The molecule has 0 aromatic heterocycles. The molecule has 3 nitrogen and oxygen atoms in total. The summed E-state index contributed by atoms with van der Waals surface area (Å²) < 4.78 is 0. The number of aliphatic hydroxyl groups is 1. The van der Waals surface area contributed by atoms with Crippen molar-refractivity contribution < 1.29 is 5.11 Å². The lowest BCUT2D eigenvalue weighted by atomic mass is 10.0. The minimum Gasteiger partial charge on any atom is -0.396 e. The van der Waals surface area contributed by atoms with E-state index in [4.69, 9.17) is 5.11 Å². The summed E-state index contributed by atoms with van der Waals surface area (Å²) in [5.74, 6) is 0.402. The Kier molecular flexibility index (Phi) is 4.85. The zero-order valence-electron chi connectivity index (χ0n) is 9.74. The van der Waals surface area contributed by atoms with Crippen LogP contribution in [0.1, 0.15) is 19.8 Å². The van der Waals surface area contributed by atoms with Crippen molar-refractivity contribution in [2.45, 2.75) is 25.8 Å². The maximum absolute atomic E-state index is 8.99. The molecule has 0 spiro atoms. The summed E-state index contributed by atoms with van der Waals surface area (Å²) in [5.41, 5.74) is 0. The highest BCUT2D eigenvalue weighted by molar-refractivity contribution is 4.77. The van der Waals surface area contributed by atoms with Crippen LogP contribution in [-0.4, -0.2) is 61.3 Å². The Balaban J connectivity index is 2.26. The van der Waals surface area contributed by atoms with Crippen molar-refractivity contribution in [3.8, 4) is 0 Å². The second-order valence-corrected chi connectivity index (χ2v) is 4.76. The van der Waals surface area contributed by atoms with Crippen molar-refractivity contribution in [3.05, 3.63) is 0 Å². The van der Waals surface area contributed by atoms with E-state index < -0.39 is 0 Å². The minimum absolute atomic E-state index is 0.303. The van der Waals surface area contributed by atoms with Crippen molar-refractivity contribution in [2.24, 2.45) is 5.92 Å². The molecule has 0 saturated carbocycles. The van der Waals surface area contributed by atoms with Crippen LogP contribution in [0.15, 0.2) is 0 Å². The first kappa shape index (κ1) is 12.0. The SMILES string of the molecule is CC(CO)CN(C)C1CCN(C)CC1. The van der Waals surface area contributed by atoms with E-state index in [9.17, 15) is 0 Å². The average Bonchev–Trinajstić information content (AvgIpc) is 2.18. The number of hydrogen-bond acceptors (Lipinski definition) is 3. The number of piperidine rings is 1. The lowest BCUT2D eigenvalue weighted by Crippen LogP contribution is -2.43. The fraction of sp³-hybridized carbons (Fsp3) is 1.00. The van der Waals surface area contributed by atoms with Gasteiger partial charge >= 0.3 is 0 Å². The van der Waals surface area contributed by atoms with Crippen LogP contribution in [0.3, 0.4) is 0 Å². The van der Waals surface area contributed by atoms with E-state index in [0.29, 0.717) is 12.5 Å². The fourth-order valence-corrected chi connectivity index (χ4v) is 2.13. The van der Waals surface area contributed by atoms with Gasteiger partial charge in [-0.2, -0.15) is 0 Å². The number of nitrogens with zero attached hydrogens (tertiary/aromatic N) is 2. The zero-order chi connectivity index (χ0) is 10.6. The van der Waals surface area contributed by atoms with E-state index in [1.54, 1.807) is 0 Å². The van der Waals surface area contributed by atoms with Gasteiger partial charge in [0.1, 0.15) is 0 Å². The largest absolute Gasteiger partial charge is 0.396 e. The fourth-order valence-electron chi connectivity index (χ4n) is 2.13. The first-order valence-electron chi connectivity index (χ1n) is 5.63. The van der Waals surface area contributed by atoms with Crippen molar-refractivity contribution >= 4 is 0 Å². The van der Waals surface area contributed by atoms with Crippen LogP contribution < -0.4 is 0 Å². The van der Waals surface area contributed by atoms with Crippen LogP contribution in [0.5, 0.6) is 0 Å². The van der Waals surface area contributed by atoms with E-state index in [-0.39, 0.29) is 0 Å². The molecule has 0 aromatic carbocycles. The highest BCUT2D eigenvalue weighted by Crippen LogP contribution is 2.15. The van der Waals surface area contributed by atoms with Gasteiger partial charge in [-0.1, -0.05) is 6.92 Å². The van der Waals surface area contributed by atoms with Crippen molar-refractivity contribution in [1.82, 2.24) is 9.80 Å². The van der Waals surface area contributed by atoms with Gasteiger partial charge in [0.15, 0.2) is 0 Å². The molecule has 1 aliphatic heterocycles. The molecule has 0 radical (unpaired) electrons. The Bertz CT molecular complexity index is 155. The van der Waals surface area contributed by atoms with Crippen molar-refractivity contribution in [3.63, 3.8) is 0 Å². The third kappa shape index (κ3) is 3.56. The molecule has 0 amide bonds. The number of aliphatic hydroxyl groups excluding tert-OH is 1. The first-order valence-corrected chi connectivity index (χ1v) is 5.63. The Morgan fingerprint density at radius 2 is 2.00 bits per heavy atom. The summed E-state index contributed by atoms with van der Waals surface area (Å²) in [7, 11) is 4.37. The third-order valence-electron chi connectivity index (χ3n) is 3.22. The standard InChI is InChI=1S/C11H24N2O/c1-10(9-14)8-13(3)11-4-6-12(2)7-5-11/h10-11,14H,4-9H2,1-3H3. The molecule has 1 saturated heterocycles. The Morgan fingerprint density at radius 3 is 2.50 bits per heavy atom. The van der Waals surface area contributed by atoms with Crippen LogP contribution in [0, 0.1) is 5.92 Å². The molecular formula is C11H24N2O. The van der Waals surface area contributed by atoms with Crippen LogP contribution in [0.2, 0.25) is 0 Å². The predicted octanol–water partition coefficient (Wildman–Crippen LogP) is 0.641. The Morgan fingerprint density at radius 1 is 1.43 bits per heavy atom. The van der Waals surface area contributed by atoms with Gasteiger partial charge in [0, 0.05) is 19.2 Å². The van der Waals surface area contributed by atoms with Crippen LogP contribution >= 0.6 is 0 Å². The highest BCUT2D eigenvalue weighted by atomic mass is 16.3. The second-order valence-electron chi connectivity index (χ2n) is 4.76. The van der Waals surface area contributed by atoms with Gasteiger partial charge in [-0.05, 0) is 45.9 Å². The molecule has 1 N–H and O–H groups in total. The smallest absolute Gasteiger partial charge is 0.0468 e. The minimum atomic E-state index is 0.303. The molecule has 1 rings (SSSR count). The van der Waals surface area contributed by atoms with E-state index in [1.807, 2.05) is 0 Å². The molecule has 0 aliphatic carbocycles. The topological polar surface area (TPSA) is 26.7 Å². The van der Waals surface area contributed by atoms with Crippen molar-refractivity contribution in [2.75, 3.05) is 40.3 Å². The van der Waals surface area contributed by atoms with Gasteiger partial charge in [0.2, 0.25) is 0 Å². The molecule has 14 heavy (non-hydrogen) atoms. The molecule has 1 atom stereocenters. The Labute approximate surface area is 87.7 Å². The van der Waals surface area contributed by atoms with E-state index in [1.165, 1.54) is 25.9 Å². The van der Waals surface area contributed by atoms with Gasteiger partial charge in [-0.15, -0.1) is 0 Å². The van der Waals surface area contributed by atoms with E-state index >= 15 is 0 Å². The normalized spacial score (nSPS) is 22.9. The van der Waals surface area contributed by atoms with Gasteiger partial charge in [-0.3, -0.25) is 0 Å². The molecule has 0 bridgehead atoms. The summed E-state index contributed by atoms with van der Waals surface area (Å²) in [6, 6.07) is 0.722. The van der Waals surface area contributed by atoms with E-state index in [2.05, 4.69) is 30.8 Å². The number of rotatable bonds is 4. The average molecular weight is 200 g/mol. The quantitative estimate of drug-likeness (QED) is 0.721. The molecular weight excluding hydrogens is 176 g/mol. The molecule has 1 aliphatic rings. The van der Waals surface area contributed by atoms with Crippen LogP contribution in [0.25, 0.3) is 0 Å².